The van der Waals surface area contributed by atoms with Crippen LogP contribution in [0.2, 0.25) is 5.02 Å². The molecule has 1 aromatic carbocycles. The molecule has 1 aromatic rings. The van der Waals surface area contributed by atoms with E-state index in [1.807, 2.05) is 0 Å². The second-order valence-corrected chi connectivity index (χ2v) is 5.50. The normalized spacial score (nSPS) is 17.6. The van der Waals surface area contributed by atoms with Crippen LogP contribution < -0.4 is 10.7 Å². The SMILES string of the molecule is O=[N+]([O-])c1cc(/C=N/NC(=S)NCC2CCCO2)ccc1Cl. The second kappa shape index (κ2) is 8.02. The van der Waals surface area contributed by atoms with E-state index >= 15 is 0 Å². The lowest BCUT2D eigenvalue weighted by Gasteiger charge is -2.11. The molecule has 0 aliphatic carbocycles. The van der Waals surface area contributed by atoms with Gasteiger partial charge in [0.25, 0.3) is 5.69 Å². The molecule has 22 heavy (non-hydrogen) atoms. The Morgan fingerprint density at radius 2 is 2.45 bits per heavy atom. The lowest BCUT2D eigenvalue weighted by molar-refractivity contribution is -0.384. The molecule has 1 fully saturated rings. The number of nitro benzene ring substituents is 1. The number of hydrogen-bond acceptors (Lipinski definition) is 5. The molecule has 1 aliphatic heterocycles. The highest BCUT2D eigenvalue weighted by molar-refractivity contribution is 7.80. The van der Waals surface area contributed by atoms with E-state index in [1.54, 1.807) is 6.07 Å². The number of halogens is 1. The van der Waals surface area contributed by atoms with E-state index < -0.39 is 4.92 Å². The van der Waals surface area contributed by atoms with Crippen molar-refractivity contribution in [2.24, 2.45) is 5.10 Å². The number of nitrogens with zero attached hydrogens (tertiary/aromatic N) is 2. The number of hydrogen-bond donors (Lipinski definition) is 2. The summed E-state index contributed by atoms with van der Waals surface area (Å²) in [5, 5.41) is 18.2. The lowest BCUT2D eigenvalue weighted by atomic mass is 10.2. The molecule has 118 valence electrons. The van der Waals surface area contributed by atoms with Crippen molar-refractivity contribution < 1.29 is 9.66 Å². The Morgan fingerprint density at radius 1 is 1.64 bits per heavy atom. The second-order valence-electron chi connectivity index (χ2n) is 4.68. The van der Waals surface area contributed by atoms with Gasteiger partial charge in [0.05, 0.1) is 17.2 Å². The summed E-state index contributed by atoms with van der Waals surface area (Å²) >= 11 is 10.8. The third kappa shape index (κ3) is 4.90. The summed E-state index contributed by atoms with van der Waals surface area (Å²) in [4.78, 5) is 10.2. The summed E-state index contributed by atoms with van der Waals surface area (Å²) in [6.45, 7) is 1.42. The molecule has 1 saturated heterocycles. The molecule has 0 saturated carbocycles. The van der Waals surface area contributed by atoms with Crippen molar-refractivity contribution in [3.8, 4) is 0 Å². The number of nitrogens with one attached hydrogen (secondary N) is 2. The molecule has 0 radical (unpaired) electrons. The number of hydrazone groups is 1. The molecule has 0 aromatic heterocycles. The lowest BCUT2D eigenvalue weighted by Crippen LogP contribution is -2.37. The van der Waals surface area contributed by atoms with Gasteiger partial charge in [-0.2, -0.15) is 5.10 Å². The Balaban J connectivity index is 1.82. The fourth-order valence-electron chi connectivity index (χ4n) is 1.97. The molecule has 0 spiro atoms. The summed E-state index contributed by atoms with van der Waals surface area (Å²) in [6.07, 6.45) is 3.71. The van der Waals surface area contributed by atoms with E-state index in [4.69, 9.17) is 28.6 Å². The average Bonchev–Trinajstić information content (AvgIpc) is 3.00. The first kappa shape index (κ1) is 16.6. The minimum atomic E-state index is -0.541. The van der Waals surface area contributed by atoms with Crippen LogP contribution in [0.1, 0.15) is 18.4 Å². The number of nitro groups is 1. The van der Waals surface area contributed by atoms with Gasteiger partial charge in [-0.05, 0) is 31.1 Å². The van der Waals surface area contributed by atoms with Crippen molar-refractivity contribution in [3.05, 3.63) is 38.9 Å². The minimum absolute atomic E-state index is 0.0869. The Kier molecular flexibility index (Phi) is 6.05. The van der Waals surface area contributed by atoms with E-state index in [9.17, 15) is 10.1 Å². The van der Waals surface area contributed by atoms with Gasteiger partial charge < -0.3 is 10.1 Å². The maximum Gasteiger partial charge on any atom is 0.288 e. The van der Waals surface area contributed by atoms with Gasteiger partial charge >= 0.3 is 0 Å². The Hall–Kier alpha value is -1.77. The fraction of sp³-hybridized carbons (Fsp3) is 0.385. The molecule has 1 unspecified atom stereocenters. The highest BCUT2D eigenvalue weighted by Crippen LogP contribution is 2.24. The molecule has 1 aliphatic rings. The molecule has 9 heteroatoms. The molecule has 2 N–H and O–H groups in total. The van der Waals surface area contributed by atoms with Crippen LogP contribution in [0.3, 0.4) is 0 Å². The smallest absolute Gasteiger partial charge is 0.288 e. The van der Waals surface area contributed by atoms with Crippen LogP contribution in [0.15, 0.2) is 23.3 Å². The van der Waals surface area contributed by atoms with Crippen LogP contribution in [-0.4, -0.2) is 35.5 Å². The minimum Gasteiger partial charge on any atom is -0.376 e. The fourth-order valence-corrected chi connectivity index (χ4v) is 2.29. The van der Waals surface area contributed by atoms with E-state index in [1.165, 1.54) is 18.3 Å². The molecule has 0 amide bonds. The van der Waals surface area contributed by atoms with Gasteiger partial charge in [-0.25, -0.2) is 0 Å². The first-order valence-corrected chi connectivity index (χ1v) is 7.47. The molecular weight excluding hydrogens is 328 g/mol. The van der Waals surface area contributed by atoms with Gasteiger partial charge in [0.1, 0.15) is 5.02 Å². The van der Waals surface area contributed by atoms with Crippen LogP contribution in [0, 0.1) is 10.1 Å². The Labute approximate surface area is 137 Å². The predicted molar refractivity (Wildman–Crippen MR) is 88.4 cm³/mol. The maximum atomic E-state index is 10.8. The summed E-state index contributed by atoms with van der Waals surface area (Å²) in [5.74, 6) is 0. The highest BCUT2D eigenvalue weighted by atomic mass is 35.5. The van der Waals surface area contributed by atoms with Crippen LogP contribution >= 0.6 is 23.8 Å². The maximum absolute atomic E-state index is 10.8. The van der Waals surface area contributed by atoms with E-state index in [0.717, 1.165) is 19.4 Å². The number of benzene rings is 1. The van der Waals surface area contributed by atoms with Gasteiger partial charge in [0, 0.05) is 24.8 Å². The first-order chi connectivity index (χ1) is 10.6. The summed E-state index contributed by atoms with van der Waals surface area (Å²) in [6, 6.07) is 4.43. The third-order valence-electron chi connectivity index (χ3n) is 3.06. The van der Waals surface area contributed by atoms with Gasteiger partial charge in [-0.1, -0.05) is 17.7 Å². The summed E-state index contributed by atoms with van der Waals surface area (Å²) in [5.41, 5.74) is 3.03. The van der Waals surface area contributed by atoms with Crippen molar-refractivity contribution in [1.82, 2.24) is 10.7 Å². The zero-order chi connectivity index (χ0) is 15.9. The average molecular weight is 343 g/mol. The number of ether oxygens (including phenoxy) is 1. The van der Waals surface area contributed by atoms with Gasteiger partial charge in [0.2, 0.25) is 0 Å². The van der Waals surface area contributed by atoms with Gasteiger partial charge in [0.15, 0.2) is 5.11 Å². The van der Waals surface area contributed by atoms with E-state index in [2.05, 4.69) is 15.8 Å². The molecular formula is C13H15ClN4O3S. The van der Waals surface area contributed by atoms with Crippen LogP contribution in [0.5, 0.6) is 0 Å². The molecule has 1 heterocycles. The zero-order valence-corrected chi connectivity index (χ0v) is 13.2. The van der Waals surface area contributed by atoms with Crippen molar-refractivity contribution in [1.29, 1.82) is 0 Å². The number of rotatable bonds is 5. The van der Waals surface area contributed by atoms with Crippen molar-refractivity contribution >= 4 is 40.8 Å². The van der Waals surface area contributed by atoms with E-state index in [-0.39, 0.29) is 16.8 Å². The number of thiocarbonyl (C=S) groups is 1. The molecule has 2 rings (SSSR count). The van der Waals surface area contributed by atoms with Crippen molar-refractivity contribution in [2.75, 3.05) is 13.2 Å². The summed E-state index contributed by atoms with van der Waals surface area (Å²) in [7, 11) is 0. The topological polar surface area (TPSA) is 88.8 Å². The molecule has 1 atom stereocenters. The van der Waals surface area contributed by atoms with Crippen LogP contribution in [0.25, 0.3) is 0 Å². The quantitative estimate of drug-likeness (QED) is 0.369. The summed E-state index contributed by atoms with van der Waals surface area (Å²) < 4.78 is 5.46. The molecule has 7 nitrogen and oxygen atoms in total. The van der Waals surface area contributed by atoms with Crippen LogP contribution in [0.4, 0.5) is 5.69 Å². The third-order valence-corrected chi connectivity index (χ3v) is 3.62. The highest BCUT2D eigenvalue weighted by Gasteiger charge is 2.15. The Morgan fingerprint density at radius 3 is 3.14 bits per heavy atom. The zero-order valence-electron chi connectivity index (χ0n) is 11.6. The van der Waals surface area contributed by atoms with Crippen molar-refractivity contribution in [3.63, 3.8) is 0 Å². The van der Waals surface area contributed by atoms with Gasteiger partial charge in [-0.3, -0.25) is 15.5 Å². The first-order valence-electron chi connectivity index (χ1n) is 6.68. The largest absolute Gasteiger partial charge is 0.376 e. The van der Waals surface area contributed by atoms with Crippen molar-refractivity contribution in [2.45, 2.75) is 18.9 Å². The monoisotopic (exact) mass is 342 g/mol. The van der Waals surface area contributed by atoms with Gasteiger partial charge in [-0.15, -0.1) is 0 Å². The molecule has 0 bridgehead atoms. The van der Waals surface area contributed by atoms with Crippen LogP contribution in [-0.2, 0) is 4.74 Å². The Bertz CT molecular complexity index is 591. The predicted octanol–water partition coefficient (Wildman–Crippen LogP) is 2.23. The van der Waals surface area contributed by atoms with E-state index in [0.29, 0.717) is 17.2 Å². The standard InChI is InChI=1S/C13H15ClN4O3S/c14-11-4-3-9(6-12(11)18(19)20)7-16-17-13(22)15-8-10-2-1-5-21-10/h3-4,6-7,10H,1-2,5,8H2,(H2,15,17,22)/b16-7+.